The number of fused-ring (bicyclic) bond motifs is 5. The molecule has 40 heavy (non-hydrogen) atoms. The molecule has 2 saturated heterocycles. The highest BCUT2D eigenvalue weighted by Gasteiger charge is 2.51. The number of rotatable bonds is 2. The van der Waals surface area contributed by atoms with Crippen LogP contribution in [-0.2, 0) is 6.18 Å². The summed E-state index contributed by atoms with van der Waals surface area (Å²) in [7, 11) is 1.43. The standard InChI is InChI=1S/C27H27ClF4N6O2/c1-10-16-17-23(35-20(10)24(39)34-4)38-9-26(3)6-5-15(37-26)22(38)11(2)40-25(17)36-21(19(16)29)13-7-12(33)8-14(28)18(13)27(30,31)32/h7-8,11,15,22,37H,5-6,9,33H2,1-4H3,(H,34,39). The van der Waals surface area contributed by atoms with Gasteiger partial charge in [0.05, 0.1) is 22.0 Å². The van der Waals surface area contributed by atoms with Gasteiger partial charge in [-0.2, -0.15) is 13.2 Å². The van der Waals surface area contributed by atoms with Crippen LogP contribution in [0.4, 0.5) is 29.1 Å². The molecular formula is C27H27ClF4N6O2. The highest BCUT2D eigenvalue weighted by Crippen LogP contribution is 2.49. The van der Waals surface area contributed by atoms with Crippen molar-refractivity contribution in [3.05, 3.63) is 39.8 Å². The molecule has 4 N–H and O–H groups in total. The first-order chi connectivity index (χ1) is 18.7. The monoisotopic (exact) mass is 578 g/mol. The van der Waals surface area contributed by atoms with Crippen molar-refractivity contribution >= 4 is 39.8 Å². The molecule has 2 fully saturated rings. The second kappa shape index (κ2) is 8.81. The zero-order chi connectivity index (χ0) is 28.9. The summed E-state index contributed by atoms with van der Waals surface area (Å²) >= 11 is 5.99. The van der Waals surface area contributed by atoms with Crippen LogP contribution >= 0.6 is 11.6 Å². The molecule has 6 rings (SSSR count). The van der Waals surface area contributed by atoms with Gasteiger partial charge in [-0.3, -0.25) is 4.79 Å². The van der Waals surface area contributed by atoms with Crippen molar-refractivity contribution < 1.29 is 27.1 Å². The summed E-state index contributed by atoms with van der Waals surface area (Å²) in [6.07, 6.45) is -3.66. The molecule has 8 nitrogen and oxygen atoms in total. The number of aryl methyl sites for hydroxylation is 1. The summed E-state index contributed by atoms with van der Waals surface area (Å²) in [5.74, 6) is -1.38. The lowest BCUT2D eigenvalue weighted by Crippen LogP contribution is -2.66. The second-order valence-electron chi connectivity index (χ2n) is 11.0. The number of carbonyl (C=O) groups is 1. The highest BCUT2D eigenvalue weighted by molar-refractivity contribution is 6.32. The zero-order valence-corrected chi connectivity index (χ0v) is 22.9. The van der Waals surface area contributed by atoms with Crippen molar-refractivity contribution in [1.29, 1.82) is 0 Å². The van der Waals surface area contributed by atoms with Gasteiger partial charge in [-0.1, -0.05) is 11.6 Å². The van der Waals surface area contributed by atoms with Crippen LogP contribution in [0.1, 0.15) is 48.3 Å². The number of alkyl halides is 3. The van der Waals surface area contributed by atoms with Crippen molar-refractivity contribution in [3.8, 4) is 17.1 Å². The normalized spacial score (nSPS) is 25.4. The molecule has 2 bridgehead atoms. The van der Waals surface area contributed by atoms with Crippen molar-refractivity contribution in [2.45, 2.75) is 63.5 Å². The maximum atomic E-state index is 16.7. The Morgan fingerprint density at radius 3 is 2.70 bits per heavy atom. The van der Waals surface area contributed by atoms with E-state index in [4.69, 9.17) is 27.1 Å². The van der Waals surface area contributed by atoms with Gasteiger partial charge in [0, 0.05) is 41.8 Å². The summed E-state index contributed by atoms with van der Waals surface area (Å²) in [4.78, 5) is 24.0. The number of nitrogen functional groups attached to an aromatic ring is 1. The average Bonchev–Trinajstić information content (AvgIpc) is 3.11. The Bertz CT molecular complexity index is 1600. The van der Waals surface area contributed by atoms with Crippen molar-refractivity contribution in [2.75, 3.05) is 24.2 Å². The van der Waals surface area contributed by atoms with E-state index in [1.54, 1.807) is 0 Å². The number of aromatic nitrogens is 2. The number of hydrogen-bond acceptors (Lipinski definition) is 7. The van der Waals surface area contributed by atoms with E-state index in [0.29, 0.717) is 12.4 Å². The van der Waals surface area contributed by atoms with E-state index in [1.165, 1.54) is 14.0 Å². The van der Waals surface area contributed by atoms with E-state index >= 15 is 4.39 Å². The van der Waals surface area contributed by atoms with Crippen molar-refractivity contribution in [2.24, 2.45) is 0 Å². The zero-order valence-electron chi connectivity index (χ0n) is 22.1. The predicted octanol–water partition coefficient (Wildman–Crippen LogP) is 4.84. The van der Waals surface area contributed by atoms with Crippen LogP contribution in [-0.4, -0.2) is 53.2 Å². The molecule has 2 aromatic heterocycles. The summed E-state index contributed by atoms with van der Waals surface area (Å²) in [5.41, 5.74) is 3.08. The molecule has 4 atom stereocenters. The Hall–Kier alpha value is -3.38. The third-order valence-corrected chi connectivity index (χ3v) is 8.55. The number of amides is 1. The lowest BCUT2D eigenvalue weighted by atomic mass is 9.95. The Kier molecular flexibility index (Phi) is 5.91. The highest BCUT2D eigenvalue weighted by atomic mass is 35.5. The van der Waals surface area contributed by atoms with Gasteiger partial charge in [0.1, 0.15) is 23.3 Å². The molecule has 13 heteroatoms. The van der Waals surface area contributed by atoms with E-state index in [1.807, 2.05) is 11.8 Å². The number of anilines is 2. The lowest BCUT2D eigenvalue weighted by Gasteiger charge is -2.46. The van der Waals surface area contributed by atoms with Crippen LogP contribution in [0.5, 0.6) is 5.88 Å². The number of benzene rings is 1. The maximum Gasteiger partial charge on any atom is 0.418 e. The number of pyridine rings is 2. The Morgan fingerprint density at radius 2 is 2.02 bits per heavy atom. The van der Waals surface area contributed by atoms with Gasteiger partial charge in [-0.25, -0.2) is 14.4 Å². The molecular weight excluding hydrogens is 552 g/mol. The number of piperazine rings is 1. The van der Waals surface area contributed by atoms with Gasteiger partial charge < -0.3 is 26.0 Å². The van der Waals surface area contributed by atoms with Crippen LogP contribution in [0.2, 0.25) is 5.02 Å². The molecule has 0 radical (unpaired) electrons. The number of carbonyl (C=O) groups excluding carboxylic acids is 1. The topological polar surface area (TPSA) is 105 Å². The fraction of sp³-hybridized carbons (Fsp3) is 0.444. The smallest absolute Gasteiger partial charge is 0.418 e. The largest absolute Gasteiger partial charge is 0.472 e. The third-order valence-electron chi connectivity index (χ3n) is 8.25. The molecule has 1 amide bonds. The van der Waals surface area contributed by atoms with Crippen LogP contribution in [0, 0.1) is 12.7 Å². The minimum Gasteiger partial charge on any atom is -0.472 e. The van der Waals surface area contributed by atoms with E-state index in [2.05, 4.69) is 22.5 Å². The average molecular weight is 579 g/mol. The molecule has 0 saturated carbocycles. The molecule has 212 valence electrons. The minimum absolute atomic E-state index is 0.0125. The van der Waals surface area contributed by atoms with E-state index in [-0.39, 0.29) is 51.2 Å². The molecule has 5 heterocycles. The molecule has 0 spiro atoms. The van der Waals surface area contributed by atoms with Crippen LogP contribution in [0.25, 0.3) is 22.0 Å². The Morgan fingerprint density at radius 1 is 1.30 bits per heavy atom. The number of ether oxygens (including phenoxy) is 1. The first-order valence-electron chi connectivity index (χ1n) is 12.9. The van der Waals surface area contributed by atoms with E-state index in [0.717, 1.165) is 25.0 Å². The van der Waals surface area contributed by atoms with Crippen LogP contribution in [0.3, 0.4) is 0 Å². The number of nitrogens with two attached hydrogens (primary N) is 1. The fourth-order valence-electron chi connectivity index (χ4n) is 6.57. The van der Waals surface area contributed by atoms with Gasteiger partial charge in [0.15, 0.2) is 5.82 Å². The first kappa shape index (κ1) is 26.8. The summed E-state index contributed by atoms with van der Waals surface area (Å²) in [6.45, 7) is 5.94. The number of nitrogens with zero attached hydrogens (tertiary/aromatic N) is 3. The molecule has 4 unspecified atom stereocenters. The Balaban J connectivity index is 1.73. The molecule has 0 aliphatic carbocycles. The van der Waals surface area contributed by atoms with Crippen molar-refractivity contribution in [1.82, 2.24) is 20.6 Å². The Labute approximate surface area is 232 Å². The molecule has 3 aromatic rings. The first-order valence-corrected chi connectivity index (χ1v) is 13.3. The number of halogens is 5. The number of nitrogens with one attached hydrogen (secondary N) is 2. The molecule has 3 aliphatic rings. The van der Waals surface area contributed by atoms with Crippen LogP contribution in [0.15, 0.2) is 12.1 Å². The number of hydrogen-bond donors (Lipinski definition) is 3. The van der Waals surface area contributed by atoms with Gasteiger partial charge in [0.25, 0.3) is 5.91 Å². The summed E-state index contributed by atoms with van der Waals surface area (Å²) in [5, 5.41) is 5.60. The second-order valence-corrected chi connectivity index (χ2v) is 11.4. The molecule has 3 aliphatic heterocycles. The van der Waals surface area contributed by atoms with Crippen molar-refractivity contribution in [3.63, 3.8) is 0 Å². The van der Waals surface area contributed by atoms with E-state index < -0.39 is 45.8 Å². The van der Waals surface area contributed by atoms with Gasteiger partial charge in [-0.15, -0.1) is 0 Å². The summed E-state index contributed by atoms with van der Waals surface area (Å²) in [6, 6.07) is 1.71. The SMILES string of the molecule is CNC(=O)c1nc2c3c(nc(-c4cc(N)cc(Cl)c4C(F)(F)F)c(F)c3c1C)OC(C)C1C3CCC(C)(CN21)N3. The quantitative estimate of drug-likeness (QED) is 0.295. The van der Waals surface area contributed by atoms with E-state index in [9.17, 15) is 18.0 Å². The lowest BCUT2D eigenvalue weighted by molar-refractivity contribution is -0.137. The molecule has 1 aromatic carbocycles. The maximum absolute atomic E-state index is 16.7. The minimum atomic E-state index is -4.93. The predicted molar refractivity (Wildman–Crippen MR) is 143 cm³/mol. The third kappa shape index (κ3) is 3.87. The van der Waals surface area contributed by atoms with Gasteiger partial charge in [-0.05, 0) is 51.3 Å². The van der Waals surface area contributed by atoms with Crippen LogP contribution < -0.4 is 26.0 Å². The summed E-state index contributed by atoms with van der Waals surface area (Å²) < 4.78 is 65.5. The fourth-order valence-corrected chi connectivity index (χ4v) is 6.90. The van der Waals surface area contributed by atoms with Gasteiger partial charge >= 0.3 is 6.18 Å². The van der Waals surface area contributed by atoms with Gasteiger partial charge in [0.2, 0.25) is 5.88 Å².